The van der Waals surface area contributed by atoms with E-state index in [4.69, 9.17) is 20.8 Å². The molecule has 0 radical (unpaired) electrons. The summed E-state index contributed by atoms with van der Waals surface area (Å²) in [5, 5.41) is 20.0. The Morgan fingerprint density at radius 3 is 2.48 bits per heavy atom. The van der Waals surface area contributed by atoms with Crippen LogP contribution in [0.5, 0.6) is 17.2 Å². The highest BCUT2D eigenvalue weighted by Crippen LogP contribution is 2.40. The number of aryl methyl sites for hydroxylation is 1. The van der Waals surface area contributed by atoms with Crippen molar-refractivity contribution in [3.63, 3.8) is 0 Å². The zero-order valence-corrected chi connectivity index (χ0v) is 12.0. The molecule has 0 aliphatic rings. The fourth-order valence-electron chi connectivity index (χ4n) is 2.40. The molecular weight excluding hydrogens is 296 g/mol. The van der Waals surface area contributed by atoms with E-state index in [-0.39, 0.29) is 44.2 Å². The van der Waals surface area contributed by atoms with Crippen molar-refractivity contribution >= 4 is 33.5 Å². The quantitative estimate of drug-likeness (QED) is 0.674. The Bertz CT molecular complexity index is 943. The lowest BCUT2D eigenvalue weighted by Gasteiger charge is -2.09. The van der Waals surface area contributed by atoms with E-state index in [0.717, 1.165) is 0 Å². The average molecular weight is 307 g/mol. The van der Waals surface area contributed by atoms with Gasteiger partial charge in [-0.05, 0) is 18.6 Å². The molecule has 3 aromatic rings. The maximum absolute atomic E-state index is 12.6. The molecule has 0 saturated carbocycles. The first-order chi connectivity index (χ1) is 9.93. The summed E-state index contributed by atoms with van der Waals surface area (Å²) in [6, 6.07) is 4.23. The van der Waals surface area contributed by atoms with Gasteiger partial charge in [-0.15, -0.1) is 0 Å². The molecule has 0 amide bonds. The van der Waals surface area contributed by atoms with Crippen molar-refractivity contribution in [3.8, 4) is 17.2 Å². The fraction of sp³-hybridized carbons (Fsp3) is 0.133. The summed E-state index contributed by atoms with van der Waals surface area (Å²) >= 11 is 5.96. The number of phenols is 2. The highest BCUT2D eigenvalue weighted by atomic mass is 35.5. The maximum atomic E-state index is 12.6. The lowest BCUT2D eigenvalue weighted by atomic mass is 10.1. The minimum atomic E-state index is -0.411. The van der Waals surface area contributed by atoms with E-state index in [2.05, 4.69) is 0 Å². The Balaban J connectivity index is 2.60. The Hall–Kier alpha value is -2.40. The molecule has 0 spiro atoms. The van der Waals surface area contributed by atoms with Crippen LogP contribution in [0.15, 0.2) is 27.4 Å². The predicted molar refractivity (Wildman–Crippen MR) is 79.6 cm³/mol. The number of rotatable bonds is 1. The third kappa shape index (κ3) is 1.89. The van der Waals surface area contributed by atoms with E-state index in [1.54, 1.807) is 6.92 Å². The summed E-state index contributed by atoms with van der Waals surface area (Å²) in [7, 11) is 1.39. The first kappa shape index (κ1) is 13.6. The van der Waals surface area contributed by atoms with Gasteiger partial charge in [-0.25, -0.2) is 0 Å². The van der Waals surface area contributed by atoms with Gasteiger partial charge in [0.25, 0.3) is 0 Å². The molecular formula is C15H11ClO5. The van der Waals surface area contributed by atoms with Crippen LogP contribution >= 0.6 is 11.6 Å². The molecule has 1 heterocycles. The molecule has 0 unspecified atom stereocenters. The molecule has 2 N–H and O–H groups in total. The van der Waals surface area contributed by atoms with Gasteiger partial charge in [0.05, 0.1) is 12.5 Å². The normalized spacial score (nSPS) is 11.2. The summed E-state index contributed by atoms with van der Waals surface area (Å²) in [5.74, 6) is -0.192. The van der Waals surface area contributed by atoms with Gasteiger partial charge in [-0.1, -0.05) is 11.6 Å². The van der Waals surface area contributed by atoms with Crippen LogP contribution in [0.2, 0.25) is 5.02 Å². The second kappa shape index (κ2) is 4.56. The number of hydrogen-bond donors (Lipinski definition) is 2. The third-order valence-electron chi connectivity index (χ3n) is 3.35. The van der Waals surface area contributed by atoms with Crippen molar-refractivity contribution in [1.82, 2.24) is 0 Å². The van der Waals surface area contributed by atoms with Crippen LogP contribution in [0.25, 0.3) is 21.9 Å². The summed E-state index contributed by atoms with van der Waals surface area (Å²) in [6.07, 6.45) is 0. The maximum Gasteiger partial charge on any atom is 0.204 e. The van der Waals surface area contributed by atoms with Gasteiger partial charge in [-0.2, -0.15) is 0 Å². The van der Waals surface area contributed by atoms with Gasteiger partial charge < -0.3 is 19.4 Å². The summed E-state index contributed by atoms with van der Waals surface area (Å²) in [4.78, 5) is 12.6. The van der Waals surface area contributed by atoms with E-state index in [1.807, 2.05) is 0 Å². The van der Waals surface area contributed by atoms with Crippen molar-refractivity contribution in [1.29, 1.82) is 0 Å². The molecule has 0 fully saturated rings. The van der Waals surface area contributed by atoms with Crippen molar-refractivity contribution in [2.75, 3.05) is 7.11 Å². The SMILES string of the molecule is COc1cc2oc3cc(O)cc(C)c3c(=O)c2c(O)c1Cl. The van der Waals surface area contributed by atoms with Gasteiger partial charge in [0.15, 0.2) is 5.75 Å². The van der Waals surface area contributed by atoms with Crippen LogP contribution in [0.4, 0.5) is 0 Å². The minimum absolute atomic E-state index is 0.00681. The Morgan fingerprint density at radius 1 is 1.14 bits per heavy atom. The number of methoxy groups -OCH3 is 1. The van der Waals surface area contributed by atoms with Gasteiger partial charge in [0.2, 0.25) is 5.43 Å². The van der Waals surface area contributed by atoms with Crippen LogP contribution in [-0.2, 0) is 0 Å². The highest BCUT2D eigenvalue weighted by molar-refractivity contribution is 6.34. The molecule has 0 atom stereocenters. The summed E-state index contributed by atoms with van der Waals surface area (Å²) in [6.45, 7) is 1.67. The molecule has 0 bridgehead atoms. The minimum Gasteiger partial charge on any atom is -0.508 e. The zero-order valence-electron chi connectivity index (χ0n) is 11.2. The van der Waals surface area contributed by atoms with Crippen molar-refractivity contribution in [3.05, 3.63) is 39.0 Å². The summed E-state index contributed by atoms with van der Waals surface area (Å²) < 4.78 is 10.6. The van der Waals surface area contributed by atoms with E-state index in [1.165, 1.54) is 25.3 Å². The Morgan fingerprint density at radius 2 is 1.81 bits per heavy atom. The Kier molecular flexibility index (Phi) is 2.95. The number of aromatic hydroxyl groups is 2. The third-order valence-corrected chi connectivity index (χ3v) is 3.71. The predicted octanol–water partition coefficient (Wildman–Crippen LogP) is 3.33. The van der Waals surface area contributed by atoms with Crippen LogP contribution in [0.1, 0.15) is 5.56 Å². The van der Waals surface area contributed by atoms with Gasteiger partial charge in [-0.3, -0.25) is 4.79 Å². The number of ether oxygens (including phenoxy) is 1. The number of phenolic OH excluding ortho intramolecular Hbond substituents is 2. The number of fused-ring (bicyclic) bond motifs is 2. The first-order valence-electron chi connectivity index (χ1n) is 6.09. The van der Waals surface area contributed by atoms with Gasteiger partial charge in [0.1, 0.15) is 33.1 Å². The first-order valence-corrected chi connectivity index (χ1v) is 6.47. The molecule has 0 aliphatic heterocycles. The zero-order chi connectivity index (χ0) is 15.3. The second-order valence-electron chi connectivity index (χ2n) is 4.68. The Labute approximate surface area is 123 Å². The fourth-order valence-corrected chi connectivity index (χ4v) is 2.62. The van der Waals surface area contributed by atoms with E-state index >= 15 is 0 Å². The van der Waals surface area contributed by atoms with Crippen LogP contribution in [0, 0.1) is 6.92 Å². The standard InChI is InChI=1S/C15H11ClO5/c1-6-3-7(17)4-8-11(6)14(18)12-9(21-8)5-10(20-2)13(16)15(12)19/h3-5,17,19H,1-2H3. The number of benzene rings is 2. The van der Waals surface area contributed by atoms with Crippen molar-refractivity contribution < 1.29 is 19.4 Å². The van der Waals surface area contributed by atoms with Crippen molar-refractivity contribution in [2.45, 2.75) is 6.92 Å². The van der Waals surface area contributed by atoms with Gasteiger partial charge in [0, 0.05) is 12.1 Å². The molecule has 1 aromatic heterocycles. The summed E-state index contributed by atoms with van der Waals surface area (Å²) in [5.41, 5.74) is 0.503. The second-order valence-corrected chi connectivity index (χ2v) is 5.06. The van der Waals surface area contributed by atoms with Crippen molar-refractivity contribution in [2.24, 2.45) is 0 Å². The molecule has 3 rings (SSSR count). The number of halogens is 1. The van der Waals surface area contributed by atoms with Crippen LogP contribution < -0.4 is 10.2 Å². The van der Waals surface area contributed by atoms with Crippen LogP contribution in [-0.4, -0.2) is 17.3 Å². The highest BCUT2D eigenvalue weighted by Gasteiger charge is 2.19. The van der Waals surface area contributed by atoms with Crippen LogP contribution in [0.3, 0.4) is 0 Å². The molecule has 6 heteroatoms. The lowest BCUT2D eigenvalue weighted by molar-refractivity contribution is 0.408. The molecule has 108 valence electrons. The molecule has 0 aliphatic carbocycles. The van der Waals surface area contributed by atoms with E-state index in [0.29, 0.717) is 5.56 Å². The van der Waals surface area contributed by atoms with E-state index in [9.17, 15) is 15.0 Å². The average Bonchev–Trinajstić information content (AvgIpc) is 2.41. The lowest BCUT2D eigenvalue weighted by Crippen LogP contribution is -2.05. The largest absolute Gasteiger partial charge is 0.508 e. The molecule has 5 nitrogen and oxygen atoms in total. The van der Waals surface area contributed by atoms with E-state index < -0.39 is 5.43 Å². The van der Waals surface area contributed by atoms with Gasteiger partial charge >= 0.3 is 0 Å². The smallest absolute Gasteiger partial charge is 0.204 e. The topological polar surface area (TPSA) is 79.9 Å². The molecule has 0 saturated heterocycles. The monoisotopic (exact) mass is 306 g/mol. The molecule has 2 aromatic carbocycles. The number of hydrogen-bond acceptors (Lipinski definition) is 5. The molecule has 21 heavy (non-hydrogen) atoms.